The minimum Gasteiger partial charge on any atom is -0.481 e. The first-order chi connectivity index (χ1) is 7.07. The number of amides is 2. The molecule has 0 bridgehead atoms. The lowest BCUT2D eigenvalue weighted by Gasteiger charge is -2.08. The van der Waals surface area contributed by atoms with Gasteiger partial charge in [0, 0.05) is 18.8 Å². The first-order valence-corrected chi connectivity index (χ1v) is 6.20. The largest absolute Gasteiger partial charge is 0.481 e. The van der Waals surface area contributed by atoms with Gasteiger partial charge in [0.15, 0.2) is 0 Å². The first kappa shape index (κ1) is 14.1. The second-order valence-corrected chi connectivity index (χ2v) is 4.19. The molecule has 3 N–H and O–H groups in total. The van der Waals surface area contributed by atoms with Crippen molar-refractivity contribution >= 4 is 23.8 Å². The van der Waals surface area contributed by atoms with Crippen molar-refractivity contribution < 1.29 is 14.7 Å². The maximum absolute atomic E-state index is 11.1. The van der Waals surface area contributed by atoms with Gasteiger partial charge in [-0.3, -0.25) is 4.79 Å². The molecule has 1 atom stereocenters. The van der Waals surface area contributed by atoms with Gasteiger partial charge in [0.1, 0.15) is 0 Å². The summed E-state index contributed by atoms with van der Waals surface area (Å²) in [6.07, 6.45) is 2.42. The summed E-state index contributed by atoms with van der Waals surface area (Å²) in [4.78, 5) is 21.5. The Labute approximate surface area is 94.0 Å². The monoisotopic (exact) mass is 234 g/mol. The van der Waals surface area contributed by atoms with Gasteiger partial charge in [0.25, 0.3) is 0 Å². The summed E-state index contributed by atoms with van der Waals surface area (Å²) >= 11 is 1.66. The number of carboxylic acids is 1. The van der Waals surface area contributed by atoms with Gasteiger partial charge in [-0.05, 0) is 12.7 Å². The topological polar surface area (TPSA) is 78.4 Å². The van der Waals surface area contributed by atoms with Crippen molar-refractivity contribution in [3.05, 3.63) is 0 Å². The highest BCUT2D eigenvalue weighted by atomic mass is 32.2. The van der Waals surface area contributed by atoms with Crippen molar-refractivity contribution in [3.8, 4) is 0 Å². The van der Waals surface area contributed by atoms with Gasteiger partial charge in [-0.15, -0.1) is 0 Å². The number of nitrogens with one attached hydrogen (secondary N) is 2. The van der Waals surface area contributed by atoms with E-state index in [1.807, 2.05) is 6.26 Å². The Morgan fingerprint density at radius 3 is 2.47 bits per heavy atom. The standard InChI is InChI=1S/C9H18N2O3S/c1-7(8(12)13)3-4-10-9(14)11-5-6-15-2/h7H,3-6H2,1-2H3,(H,12,13)(H2,10,11,14). The van der Waals surface area contributed by atoms with E-state index < -0.39 is 11.9 Å². The minimum atomic E-state index is -0.834. The highest BCUT2D eigenvalue weighted by Crippen LogP contribution is 1.99. The normalized spacial score (nSPS) is 11.9. The summed E-state index contributed by atoms with van der Waals surface area (Å²) < 4.78 is 0. The van der Waals surface area contributed by atoms with Crippen molar-refractivity contribution in [2.24, 2.45) is 5.92 Å². The van der Waals surface area contributed by atoms with E-state index in [0.29, 0.717) is 19.5 Å². The lowest BCUT2D eigenvalue weighted by atomic mass is 10.1. The zero-order chi connectivity index (χ0) is 11.7. The van der Waals surface area contributed by atoms with Crippen LogP contribution in [0.25, 0.3) is 0 Å². The fourth-order valence-corrected chi connectivity index (χ4v) is 1.16. The van der Waals surface area contributed by atoms with E-state index in [1.54, 1.807) is 18.7 Å². The molecule has 0 heterocycles. The van der Waals surface area contributed by atoms with Gasteiger partial charge in [0.2, 0.25) is 0 Å². The molecule has 2 amide bonds. The lowest BCUT2D eigenvalue weighted by Crippen LogP contribution is -2.37. The fraction of sp³-hybridized carbons (Fsp3) is 0.778. The van der Waals surface area contributed by atoms with E-state index in [2.05, 4.69) is 10.6 Å². The third kappa shape index (κ3) is 8.11. The van der Waals surface area contributed by atoms with E-state index in [4.69, 9.17) is 5.11 Å². The second kappa shape index (κ2) is 8.40. The SMILES string of the molecule is CSCCNC(=O)NCCC(C)C(=O)O. The van der Waals surface area contributed by atoms with E-state index >= 15 is 0 Å². The molecule has 15 heavy (non-hydrogen) atoms. The Kier molecular flexibility index (Phi) is 7.89. The van der Waals surface area contributed by atoms with E-state index in [9.17, 15) is 9.59 Å². The molecule has 0 saturated carbocycles. The van der Waals surface area contributed by atoms with Crippen LogP contribution >= 0.6 is 11.8 Å². The number of carbonyl (C=O) groups is 2. The Hall–Kier alpha value is -0.910. The van der Waals surface area contributed by atoms with E-state index in [1.165, 1.54) is 0 Å². The molecular weight excluding hydrogens is 216 g/mol. The molecule has 6 heteroatoms. The molecule has 0 aliphatic carbocycles. The van der Waals surface area contributed by atoms with Gasteiger partial charge in [0.05, 0.1) is 5.92 Å². The molecule has 0 fully saturated rings. The van der Waals surface area contributed by atoms with Crippen LogP contribution in [0.2, 0.25) is 0 Å². The Balaban J connectivity index is 3.42. The van der Waals surface area contributed by atoms with Crippen molar-refractivity contribution in [2.75, 3.05) is 25.1 Å². The molecule has 0 aliphatic rings. The van der Waals surface area contributed by atoms with Crippen LogP contribution in [-0.2, 0) is 4.79 Å². The highest BCUT2D eigenvalue weighted by molar-refractivity contribution is 7.98. The Bertz CT molecular complexity index is 212. The molecule has 0 aliphatic heterocycles. The first-order valence-electron chi connectivity index (χ1n) is 4.81. The van der Waals surface area contributed by atoms with Gasteiger partial charge in [-0.2, -0.15) is 11.8 Å². The van der Waals surface area contributed by atoms with Gasteiger partial charge in [-0.25, -0.2) is 4.79 Å². The van der Waals surface area contributed by atoms with Gasteiger partial charge in [-0.1, -0.05) is 6.92 Å². The number of hydrogen-bond acceptors (Lipinski definition) is 3. The predicted octanol–water partition coefficient (Wildman–Crippen LogP) is 0.759. The molecule has 0 saturated heterocycles. The Morgan fingerprint density at radius 1 is 1.33 bits per heavy atom. The zero-order valence-electron chi connectivity index (χ0n) is 9.08. The van der Waals surface area contributed by atoms with Crippen molar-refractivity contribution in [1.82, 2.24) is 10.6 Å². The smallest absolute Gasteiger partial charge is 0.314 e. The summed E-state index contributed by atoms with van der Waals surface area (Å²) in [6, 6.07) is -0.235. The van der Waals surface area contributed by atoms with Crippen LogP contribution in [0.4, 0.5) is 4.79 Å². The average Bonchev–Trinajstić information content (AvgIpc) is 2.18. The summed E-state index contributed by atoms with van der Waals surface area (Å²) in [5.41, 5.74) is 0. The molecular formula is C9H18N2O3S. The number of rotatable bonds is 7. The third-order valence-corrected chi connectivity index (χ3v) is 2.49. The molecule has 0 aromatic heterocycles. The molecule has 0 aromatic rings. The average molecular weight is 234 g/mol. The molecule has 0 spiro atoms. The summed E-state index contributed by atoms with van der Waals surface area (Å²) in [6.45, 7) is 2.63. The number of carbonyl (C=O) groups excluding carboxylic acids is 1. The number of aliphatic carboxylic acids is 1. The fourth-order valence-electron chi connectivity index (χ4n) is 0.855. The summed E-state index contributed by atoms with van der Waals surface area (Å²) in [5.74, 6) is -0.380. The molecule has 0 aromatic carbocycles. The maximum Gasteiger partial charge on any atom is 0.314 e. The predicted molar refractivity (Wildman–Crippen MR) is 61.2 cm³/mol. The highest BCUT2D eigenvalue weighted by Gasteiger charge is 2.10. The molecule has 1 unspecified atom stereocenters. The van der Waals surface area contributed by atoms with E-state index in [0.717, 1.165) is 5.75 Å². The lowest BCUT2D eigenvalue weighted by molar-refractivity contribution is -0.141. The quantitative estimate of drug-likeness (QED) is 0.568. The number of hydrogen-bond donors (Lipinski definition) is 3. The van der Waals surface area contributed by atoms with Crippen molar-refractivity contribution in [1.29, 1.82) is 0 Å². The van der Waals surface area contributed by atoms with Crippen LogP contribution < -0.4 is 10.6 Å². The Morgan fingerprint density at radius 2 is 1.93 bits per heavy atom. The van der Waals surface area contributed by atoms with Gasteiger partial charge < -0.3 is 15.7 Å². The van der Waals surface area contributed by atoms with Crippen LogP contribution in [0.3, 0.4) is 0 Å². The van der Waals surface area contributed by atoms with Gasteiger partial charge >= 0.3 is 12.0 Å². The number of urea groups is 1. The summed E-state index contributed by atoms with van der Waals surface area (Å²) in [5, 5.41) is 13.9. The van der Waals surface area contributed by atoms with Crippen LogP contribution in [0.15, 0.2) is 0 Å². The number of carboxylic acid groups (broad SMARTS) is 1. The van der Waals surface area contributed by atoms with Crippen LogP contribution in [0.5, 0.6) is 0 Å². The number of thioether (sulfide) groups is 1. The second-order valence-electron chi connectivity index (χ2n) is 3.20. The van der Waals surface area contributed by atoms with E-state index in [-0.39, 0.29) is 6.03 Å². The van der Waals surface area contributed by atoms with Crippen LogP contribution in [-0.4, -0.2) is 42.2 Å². The van der Waals surface area contributed by atoms with Crippen LogP contribution in [0.1, 0.15) is 13.3 Å². The molecule has 88 valence electrons. The molecule has 0 rings (SSSR count). The maximum atomic E-state index is 11.1. The molecule has 0 radical (unpaired) electrons. The minimum absolute atomic E-state index is 0.235. The van der Waals surface area contributed by atoms with Crippen molar-refractivity contribution in [3.63, 3.8) is 0 Å². The zero-order valence-corrected chi connectivity index (χ0v) is 9.89. The van der Waals surface area contributed by atoms with Crippen molar-refractivity contribution in [2.45, 2.75) is 13.3 Å². The van der Waals surface area contributed by atoms with Crippen LogP contribution in [0, 0.1) is 5.92 Å². The summed E-state index contributed by atoms with van der Waals surface area (Å²) in [7, 11) is 0. The molecule has 5 nitrogen and oxygen atoms in total. The third-order valence-electron chi connectivity index (χ3n) is 1.88.